The molecule has 1 amide bonds. The summed E-state index contributed by atoms with van der Waals surface area (Å²) in [7, 11) is 1.62. The van der Waals surface area contributed by atoms with Gasteiger partial charge in [-0.3, -0.25) is 4.79 Å². The van der Waals surface area contributed by atoms with E-state index in [1.165, 1.54) is 0 Å². The highest BCUT2D eigenvalue weighted by atomic mass is 16.5. The molecule has 0 saturated carbocycles. The summed E-state index contributed by atoms with van der Waals surface area (Å²) in [5.74, 6) is 1.28. The van der Waals surface area contributed by atoms with Gasteiger partial charge in [0.2, 0.25) is 5.82 Å². The quantitative estimate of drug-likeness (QED) is 0.663. The van der Waals surface area contributed by atoms with Crippen LogP contribution in [0.4, 0.5) is 0 Å². The number of hydrogen-bond donors (Lipinski definition) is 1. The fraction of sp³-hybridized carbons (Fsp3) is 0.250. The molecule has 1 heterocycles. The van der Waals surface area contributed by atoms with Crippen LogP contribution in [0.15, 0.2) is 54.6 Å². The number of carbonyl (C=O) groups excluding carboxylic acids is 1. The predicted molar refractivity (Wildman–Crippen MR) is 101 cm³/mol. The normalized spacial score (nSPS) is 10.5. The third kappa shape index (κ3) is 3.91. The van der Waals surface area contributed by atoms with Crippen LogP contribution in [-0.4, -0.2) is 34.3 Å². The first-order valence-corrected chi connectivity index (χ1v) is 8.68. The lowest BCUT2D eigenvalue weighted by molar-refractivity contribution is 0.0943. The van der Waals surface area contributed by atoms with Gasteiger partial charge in [-0.1, -0.05) is 43.7 Å². The SMILES string of the molecule is CCCCNC(=O)c1nc(-c2ccccc2)n(-c2ccc(OC)cc2)n1. The molecular formula is C20H22N4O2. The average Bonchev–Trinajstić information content (AvgIpc) is 3.14. The van der Waals surface area contributed by atoms with Crippen molar-refractivity contribution in [2.24, 2.45) is 0 Å². The Bertz CT molecular complexity index is 857. The van der Waals surface area contributed by atoms with Gasteiger partial charge in [-0.25, -0.2) is 9.67 Å². The number of benzene rings is 2. The molecule has 0 bridgehead atoms. The van der Waals surface area contributed by atoms with Crippen LogP contribution in [0.1, 0.15) is 30.4 Å². The van der Waals surface area contributed by atoms with Gasteiger partial charge in [0, 0.05) is 12.1 Å². The molecule has 0 atom stereocenters. The van der Waals surface area contributed by atoms with E-state index in [2.05, 4.69) is 22.3 Å². The summed E-state index contributed by atoms with van der Waals surface area (Å²) in [5.41, 5.74) is 1.70. The molecule has 26 heavy (non-hydrogen) atoms. The summed E-state index contributed by atoms with van der Waals surface area (Å²) >= 11 is 0. The molecule has 0 aliphatic carbocycles. The number of rotatable bonds is 7. The summed E-state index contributed by atoms with van der Waals surface area (Å²) in [4.78, 5) is 16.9. The third-order valence-corrected chi connectivity index (χ3v) is 3.98. The van der Waals surface area contributed by atoms with Crippen molar-refractivity contribution < 1.29 is 9.53 Å². The average molecular weight is 350 g/mol. The molecule has 0 radical (unpaired) electrons. The van der Waals surface area contributed by atoms with Gasteiger partial charge in [0.05, 0.1) is 12.8 Å². The number of methoxy groups -OCH3 is 1. The Labute approximate surface area is 152 Å². The highest BCUT2D eigenvalue weighted by molar-refractivity contribution is 5.91. The van der Waals surface area contributed by atoms with Crippen molar-refractivity contribution in [3.63, 3.8) is 0 Å². The van der Waals surface area contributed by atoms with E-state index in [0.29, 0.717) is 12.4 Å². The third-order valence-electron chi connectivity index (χ3n) is 3.98. The smallest absolute Gasteiger partial charge is 0.290 e. The Balaban J connectivity index is 1.99. The zero-order valence-corrected chi connectivity index (χ0v) is 15.0. The van der Waals surface area contributed by atoms with E-state index in [-0.39, 0.29) is 11.7 Å². The highest BCUT2D eigenvalue weighted by Gasteiger charge is 2.18. The Morgan fingerprint density at radius 1 is 1.12 bits per heavy atom. The highest BCUT2D eigenvalue weighted by Crippen LogP contribution is 2.22. The second-order valence-corrected chi connectivity index (χ2v) is 5.84. The van der Waals surface area contributed by atoms with Crippen LogP contribution in [0.25, 0.3) is 17.1 Å². The van der Waals surface area contributed by atoms with Gasteiger partial charge < -0.3 is 10.1 Å². The van der Waals surface area contributed by atoms with Crippen LogP contribution in [0.3, 0.4) is 0 Å². The second kappa shape index (κ2) is 8.29. The number of nitrogens with one attached hydrogen (secondary N) is 1. The predicted octanol–water partition coefficient (Wildman–Crippen LogP) is 3.47. The first-order valence-electron chi connectivity index (χ1n) is 8.68. The molecule has 134 valence electrons. The van der Waals surface area contributed by atoms with Crippen molar-refractivity contribution in [3.8, 4) is 22.8 Å². The maximum Gasteiger partial charge on any atom is 0.290 e. The molecule has 6 nitrogen and oxygen atoms in total. The van der Waals surface area contributed by atoms with Crippen molar-refractivity contribution in [3.05, 3.63) is 60.4 Å². The van der Waals surface area contributed by atoms with E-state index in [1.807, 2.05) is 54.6 Å². The van der Waals surface area contributed by atoms with Crippen LogP contribution in [0, 0.1) is 0 Å². The Hall–Kier alpha value is -3.15. The first kappa shape index (κ1) is 17.7. The lowest BCUT2D eigenvalue weighted by Crippen LogP contribution is -2.25. The van der Waals surface area contributed by atoms with Gasteiger partial charge in [-0.2, -0.15) is 0 Å². The fourth-order valence-corrected chi connectivity index (χ4v) is 2.54. The van der Waals surface area contributed by atoms with E-state index in [0.717, 1.165) is 29.8 Å². The standard InChI is InChI=1S/C20H22N4O2/c1-3-4-14-21-20(25)18-22-19(15-8-6-5-7-9-15)24(23-18)16-10-12-17(26-2)13-11-16/h5-13H,3-4,14H2,1-2H3,(H,21,25). The molecule has 2 aromatic carbocycles. The Morgan fingerprint density at radius 3 is 2.50 bits per heavy atom. The monoisotopic (exact) mass is 350 g/mol. The van der Waals surface area contributed by atoms with Crippen molar-refractivity contribution in [2.45, 2.75) is 19.8 Å². The molecule has 0 aliphatic heterocycles. The number of unbranched alkanes of at least 4 members (excludes halogenated alkanes) is 1. The van der Waals surface area contributed by atoms with Gasteiger partial charge in [0.1, 0.15) is 5.75 Å². The summed E-state index contributed by atoms with van der Waals surface area (Å²) in [5, 5.41) is 7.31. The number of nitrogens with zero attached hydrogens (tertiary/aromatic N) is 3. The van der Waals surface area contributed by atoms with Crippen LogP contribution in [0.2, 0.25) is 0 Å². The Morgan fingerprint density at radius 2 is 1.85 bits per heavy atom. The van der Waals surface area contributed by atoms with Crippen molar-refractivity contribution >= 4 is 5.91 Å². The number of aromatic nitrogens is 3. The van der Waals surface area contributed by atoms with Crippen molar-refractivity contribution in [2.75, 3.05) is 13.7 Å². The van der Waals surface area contributed by atoms with E-state index in [9.17, 15) is 4.79 Å². The molecule has 3 rings (SSSR count). The van der Waals surface area contributed by atoms with Gasteiger partial charge >= 0.3 is 0 Å². The molecule has 0 spiro atoms. The first-order chi connectivity index (χ1) is 12.7. The maximum atomic E-state index is 12.4. The molecule has 1 aromatic heterocycles. The maximum absolute atomic E-state index is 12.4. The molecule has 0 unspecified atom stereocenters. The second-order valence-electron chi connectivity index (χ2n) is 5.84. The van der Waals surface area contributed by atoms with E-state index >= 15 is 0 Å². The summed E-state index contributed by atoms with van der Waals surface area (Å²) in [6, 6.07) is 17.2. The Kier molecular flexibility index (Phi) is 5.63. The lowest BCUT2D eigenvalue weighted by Gasteiger charge is -2.07. The minimum atomic E-state index is -0.261. The van der Waals surface area contributed by atoms with Crippen LogP contribution in [0.5, 0.6) is 5.75 Å². The molecular weight excluding hydrogens is 328 g/mol. The van der Waals surface area contributed by atoms with Crippen LogP contribution < -0.4 is 10.1 Å². The number of ether oxygens (including phenoxy) is 1. The van der Waals surface area contributed by atoms with Crippen LogP contribution >= 0.6 is 0 Å². The lowest BCUT2D eigenvalue weighted by atomic mass is 10.2. The molecule has 3 aromatic rings. The largest absolute Gasteiger partial charge is 0.497 e. The van der Waals surface area contributed by atoms with Crippen LogP contribution in [-0.2, 0) is 0 Å². The number of hydrogen-bond acceptors (Lipinski definition) is 4. The van der Waals surface area contributed by atoms with Gasteiger partial charge in [0.25, 0.3) is 5.91 Å². The van der Waals surface area contributed by atoms with Gasteiger partial charge in [-0.05, 0) is 30.7 Å². The minimum absolute atomic E-state index is 0.163. The summed E-state index contributed by atoms with van der Waals surface area (Å²) in [6.07, 6.45) is 1.94. The zero-order chi connectivity index (χ0) is 18.4. The van der Waals surface area contributed by atoms with E-state index in [4.69, 9.17) is 4.74 Å². The number of amides is 1. The molecule has 0 aliphatic rings. The van der Waals surface area contributed by atoms with Crippen molar-refractivity contribution in [1.82, 2.24) is 20.1 Å². The summed E-state index contributed by atoms with van der Waals surface area (Å²) in [6.45, 7) is 2.70. The zero-order valence-electron chi connectivity index (χ0n) is 15.0. The molecule has 0 saturated heterocycles. The molecule has 0 fully saturated rings. The number of carbonyl (C=O) groups is 1. The van der Waals surface area contributed by atoms with Gasteiger partial charge in [0.15, 0.2) is 5.82 Å². The van der Waals surface area contributed by atoms with E-state index < -0.39 is 0 Å². The summed E-state index contributed by atoms with van der Waals surface area (Å²) < 4.78 is 6.89. The fourth-order valence-electron chi connectivity index (χ4n) is 2.54. The van der Waals surface area contributed by atoms with Crippen molar-refractivity contribution in [1.29, 1.82) is 0 Å². The molecule has 1 N–H and O–H groups in total. The topological polar surface area (TPSA) is 69.0 Å². The van der Waals surface area contributed by atoms with Gasteiger partial charge in [-0.15, -0.1) is 5.10 Å². The molecule has 6 heteroatoms. The minimum Gasteiger partial charge on any atom is -0.497 e. The van der Waals surface area contributed by atoms with E-state index in [1.54, 1.807) is 11.8 Å².